The van der Waals surface area contributed by atoms with Crippen molar-refractivity contribution in [1.29, 1.82) is 0 Å². The van der Waals surface area contributed by atoms with Gasteiger partial charge in [-0.3, -0.25) is 4.98 Å². The third kappa shape index (κ3) is 5.21. The Bertz CT molecular complexity index is 267. The molecule has 0 bridgehead atoms. The monoisotopic (exact) mass is 224 g/mol. The molecular weight excluding hydrogens is 204 g/mol. The molecule has 4 heteroatoms. The molecule has 0 fully saturated rings. The van der Waals surface area contributed by atoms with Crippen molar-refractivity contribution in [3.05, 3.63) is 30.1 Å². The Morgan fingerprint density at radius 3 is 2.81 bits per heavy atom. The normalized spacial score (nSPS) is 12.6. The van der Waals surface area contributed by atoms with Gasteiger partial charge in [0.25, 0.3) is 0 Å². The zero-order chi connectivity index (χ0) is 11.6. The summed E-state index contributed by atoms with van der Waals surface area (Å²) in [6.45, 7) is 4.26. The summed E-state index contributed by atoms with van der Waals surface area (Å²) in [5.41, 5.74) is 1.24. The first-order valence-corrected chi connectivity index (χ1v) is 5.66. The minimum atomic E-state index is 0.0981. The first-order chi connectivity index (χ1) is 7.84. The van der Waals surface area contributed by atoms with E-state index in [2.05, 4.69) is 17.2 Å². The summed E-state index contributed by atoms with van der Waals surface area (Å²) in [5, 5.41) is 11.9. The molecule has 16 heavy (non-hydrogen) atoms. The molecule has 0 aromatic carbocycles. The summed E-state index contributed by atoms with van der Waals surface area (Å²) in [4.78, 5) is 3.99. The molecule has 1 atom stereocenters. The van der Waals surface area contributed by atoms with Crippen molar-refractivity contribution in [3.63, 3.8) is 0 Å². The molecule has 0 aliphatic heterocycles. The van der Waals surface area contributed by atoms with Crippen molar-refractivity contribution in [2.75, 3.05) is 26.4 Å². The van der Waals surface area contributed by atoms with Crippen molar-refractivity contribution in [1.82, 2.24) is 10.3 Å². The first-order valence-electron chi connectivity index (χ1n) is 5.66. The zero-order valence-corrected chi connectivity index (χ0v) is 9.72. The number of nitrogens with one attached hydrogen (secondary N) is 1. The summed E-state index contributed by atoms with van der Waals surface area (Å²) in [6.07, 6.45) is 4.56. The van der Waals surface area contributed by atoms with Crippen LogP contribution in [0, 0.1) is 0 Å². The molecule has 0 aliphatic carbocycles. The van der Waals surface area contributed by atoms with E-state index in [-0.39, 0.29) is 6.61 Å². The van der Waals surface area contributed by atoms with Gasteiger partial charge in [-0.15, -0.1) is 0 Å². The summed E-state index contributed by atoms with van der Waals surface area (Å²) in [7, 11) is 0. The molecule has 2 N–H and O–H groups in total. The van der Waals surface area contributed by atoms with Crippen LogP contribution in [0.15, 0.2) is 24.5 Å². The van der Waals surface area contributed by atoms with E-state index in [1.165, 1.54) is 5.56 Å². The van der Waals surface area contributed by atoms with Crippen molar-refractivity contribution >= 4 is 0 Å². The second kappa shape index (κ2) is 8.21. The van der Waals surface area contributed by atoms with Crippen molar-refractivity contribution in [2.45, 2.75) is 19.4 Å². The Kier molecular flexibility index (Phi) is 6.72. The maximum Gasteiger partial charge on any atom is 0.0697 e. The number of ether oxygens (including phenoxy) is 1. The van der Waals surface area contributed by atoms with Gasteiger partial charge in [0.05, 0.1) is 13.2 Å². The second-order valence-corrected chi connectivity index (χ2v) is 3.65. The average molecular weight is 224 g/mol. The molecule has 1 aromatic rings. The Labute approximate surface area is 96.7 Å². The fourth-order valence-electron chi connectivity index (χ4n) is 1.43. The molecule has 1 heterocycles. The molecular formula is C12H20N2O2. The predicted molar refractivity (Wildman–Crippen MR) is 63.2 cm³/mol. The van der Waals surface area contributed by atoms with Gasteiger partial charge in [-0.05, 0) is 37.6 Å². The smallest absolute Gasteiger partial charge is 0.0697 e. The number of aliphatic hydroxyl groups is 1. The van der Waals surface area contributed by atoms with Crippen LogP contribution in [0.25, 0.3) is 0 Å². The van der Waals surface area contributed by atoms with Gasteiger partial charge in [0.15, 0.2) is 0 Å². The molecule has 1 unspecified atom stereocenters. The van der Waals surface area contributed by atoms with E-state index < -0.39 is 0 Å². The van der Waals surface area contributed by atoms with E-state index in [0.717, 1.165) is 13.0 Å². The van der Waals surface area contributed by atoms with E-state index in [4.69, 9.17) is 9.84 Å². The number of aromatic nitrogens is 1. The Balaban J connectivity index is 2.09. The fourth-order valence-corrected chi connectivity index (χ4v) is 1.43. The van der Waals surface area contributed by atoms with Gasteiger partial charge in [-0.2, -0.15) is 0 Å². The number of pyridine rings is 1. The van der Waals surface area contributed by atoms with E-state index in [1.54, 1.807) is 12.4 Å². The maximum absolute atomic E-state index is 8.51. The van der Waals surface area contributed by atoms with Gasteiger partial charge < -0.3 is 15.2 Å². The molecule has 0 aliphatic rings. The van der Waals surface area contributed by atoms with E-state index in [1.807, 2.05) is 12.1 Å². The Morgan fingerprint density at radius 1 is 1.38 bits per heavy atom. The summed E-state index contributed by atoms with van der Waals surface area (Å²) in [5.74, 6) is 0. The van der Waals surface area contributed by atoms with Gasteiger partial charge in [0.2, 0.25) is 0 Å². The molecule has 90 valence electrons. The topological polar surface area (TPSA) is 54.4 Å². The van der Waals surface area contributed by atoms with Crippen LogP contribution in [-0.4, -0.2) is 36.5 Å². The van der Waals surface area contributed by atoms with Crippen LogP contribution in [-0.2, 0) is 4.74 Å². The molecule has 0 radical (unpaired) electrons. The molecule has 1 rings (SSSR count). The second-order valence-electron chi connectivity index (χ2n) is 3.65. The Morgan fingerprint density at radius 2 is 2.12 bits per heavy atom. The average Bonchev–Trinajstić information content (AvgIpc) is 2.34. The lowest BCUT2D eigenvalue weighted by molar-refractivity contribution is 0.0904. The van der Waals surface area contributed by atoms with Crippen molar-refractivity contribution in [3.8, 4) is 0 Å². The largest absolute Gasteiger partial charge is 0.394 e. The van der Waals surface area contributed by atoms with Crippen molar-refractivity contribution < 1.29 is 9.84 Å². The lowest BCUT2D eigenvalue weighted by atomic mass is 10.1. The van der Waals surface area contributed by atoms with E-state index in [9.17, 15) is 0 Å². The molecule has 0 saturated heterocycles. The van der Waals surface area contributed by atoms with Crippen LogP contribution in [0.3, 0.4) is 0 Å². The van der Waals surface area contributed by atoms with Crippen LogP contribution in [0.1, 0.15) is 24.9 Å². The van der Waals surface area contributed by atoms with Gasteiger partial charge >= 0.3 is 0 Å². The lowest BCUT2D eigenvalue weighted by Gasteiger charge is -2.13. The molecule has 1 aromatic heterocycles. The van der Waals surface area contributed by atoms with Crippen molar-refractivity contribution in [2.24, 2.45) is 0 Å². The highest BCUT2D eigenvalue weighted by Gasteiger charge is 2.02. The SMILES string of the molecule is CC(NCCCOCCO)c1ccncc1. The van der Waals surface area contributed by atoms with Crippen LogP contribution >= 0.6 is 0 Å². The molecule has 0 amide bonds. The predicted octanol–water partition coefficient (Wildman–Crippen LogP) is 1.13. The first kappa shape index (κ1) is 13.1. The van der Waals surface area contributed by atoms with E-state index >= 15 is 0 Å². The van der Waals surface area contributed by atoms with E-state index in [0.29, 0.717) is 19.3 Å². The number of rotatable bonds is 8. The van der Waals surface area contributed by atoms with Gasteiger partial charge in [-0.1, -0.05) is 0 Å². The van der Waals surface area contributed by atoms with Gasteiger partial charge in [0, 0.05) is 25.0 Å². The third-order valence-electron chi connectivity index (χ3n) is 2.36. The highest BCUT2D eigenvalue weighted by molar-refractivity contribution is 5.13. The Hall–Kier alpha value is -0.970. The van der Waals surface area contributed by atoms with Crippen LogP contribution < -0.4 is 5.32 Å². The number of hydrogen-bond acceptors (Lipinski definition) is 4. The summed E-state index contributed by atoms with van der Waals surface area (Å²) < 4.78 is 5.17. The van der Waals surface area contributed by atoms with Gasteiger partial charge in [0.1, 0.15) is 0 Å². The van der Waals surface area contributed by atoms with Gasteiger partial charge in [-0.25, -0.2) is 0 Å². The fraction of sp³-hybridized carbons (Fsp3) is 0.583. The van der Waals surface area contributed by atoms with Crippen LogP contribution in [0.4, 0.5) is 0 Å². The summed E-state index contributed by atoms with van der Waals surface area (Å²) in [6, 6.07) is 4.36. The molecule has 0 spiro atoms. The highest BCUT2D eigenvalue weighted by atomic mass is 16.5. The number of nitrogens with zero attached hydrogens (tertiary/aromatic N) is 1. The van der Waals surface area contributed by atoms with Crippen LogP contribution in [0.5, 0.6) is 0 Å². The lowest BCUT2D eigenvalue weighted by Crippen LogP contribution is -2.21. The number of aliphatic hydroxyl groups excluding tert-OH is 1. The molecule has 4 nitrogen and oxygen atoms in total. The third-order valence-corrected chi connectivity index (χ3v) is 2.36. The molecule has 0 saturated carbocycles. The standard InChI is InChI=1S/C12H20N2O2/c1-11(12-3-6-13-7-4-12)14-5-2-9-16-10-8-15/h3-4,6-7,11,14-15H,2,5,8-10H2,1H3. The minimum absolute atomic E-state index is 0.0981. The zero-order valence-electron chi connectivity index (χ0n) is 9.72. The quantitative estimate of drug-likeness (QED) is 0.650. The highest BCUT2D eigenvalue weighted by Crippen LogP contribution is 2.09. The maximum atomic E-state index is 8.51. The number of hydrogen-bond donors (Lipinski definition) is 2. The minimum Gasteiger partial charge on any atom is -0.394 e. The van der Waals surface area contributed by atoms with Crippen LogP contribution in [0.2, 0.25) is 0 Å². The summed E-state index contributed by atoms with van der Waals surface area (Å²) >= 11 is 0.